The van der Waals surface area contributed by atoms with E-state index in [1.54, 1.807) is 0 Å². The molecule has 0 N–H and O–H groups in total. The van der Waals surface area contributed by atoms with E-state index < -0.39 is 0 Å². The molecule has 0 saturated heterocycles. The van der Waals surface area contributed by atoms with Crippen LogP contribution in [-0.4, -0.2) is 20.1 Å². The van der Waals surface area contributed by atoms with Crippen molar-refractivity contribution in [2.75, 3.05) is 20.1 Å². The van der Waals surface area contributed by atoms with Crippen molar-refractivity contribution >= 4 is 17.3 Å². The minimum atomic E-state index is 0.601. The van der Waals surface area contributed by atoms with Crippen molar-refractivity contribution in [2.45, 2.75) is 0 Å². The highest BCUT2D eigenvalue weighted by atomic mass is 35.5. The summed E-state index contributed by atoms with van der Waals surface area (Å²) in [5, 5.41) is 0. The Morgan fingerprint density at radius 1 is 1.18 bits per heavy atom. The van der Waals surface area contributed by atoms with Gasteiger partial charge in [0.25, 0.3) is 0 Å². The van der Waals surface area contributed by atoms with Crippen LogP contribution >= 0.6 is 11.6 Å². The Morgan fingerprint density at radius 2 is 1.73 bits per heavy atom. The number of hydrogen-bond donors (Lipinski definition) is 0. The molecule has 0 atom stereocenters. The molecular weight excluding hydrogens is 158 g/mol. The fraction of sp³-hybridized carbons (Fsp3) is 0.333. The average Bonchev–Trinajstić information content (AvgIpc) is 2.06. The molecule has 0 saturated carbocycles. The number of nitrogens with zero attached hydrogens (tertiary/aromatic N) is 1. The van der Waals surface area contributed by atoms with E-state index in [-0.39, 0.29) is 0 Å². The molecule has 1 rings (SSSR count). The topological polar surface area (TPSA) is 0 Å². The summed E-state index contributed by atoms with van der Waals surface area (Å²) in [5.74, 6) is 0. The molecule has 0 spiro atoms. The molecule has 0 radical (unpaired) electrons. The van der Waals surface area contributed by atoms with Gasteiger partial charge in [-0.25, -0.2) is 0 Å². The smallest absolute Gasteiger partial charge is 0.159 e. The number of alkyl halides is 1. The highest BCUT2D eigenvalue weighted by molar-refractivity contribution is 6.18. The van der Waals surface area contributed by atoms with Crippen molar-refractivity contribution in [1.82, 2.24) is 4.48 Å². The van der Waals surface area contributed by atoms with Crippen LogP contribution in [0.1, 0.15) is 0 Å². The number of quaternary nitrogens is 1. The van der Waals surface area contributed by atoms with Gasteiger partial charge in [0.05, 0.1) is 14.1 Å². The van der Waals surface area contributed by atoms with E-state index in [4.69, 9.17) is 11.6 Å². The van der Waals surface area contributed by atoms with Gasteiger partial charge >= 0.3 is 0 Å². The number of halogens is 1. The van der Waals surface area contributed by atoms with Gasteiger partial charge in [0.2, 0.25) is 0 Å². The summed E-state index contributed by atoms with van der Waals surface area (Å²) >= 11 is 5.80. The van der Waals surface area contributed by atoms with Crippen LogP contribution in [0.4, 0.5) is 5.69 Å². The first kappa shape index (κ1) is 8.57. The van der Waals surface area contributed by atoms with Crippen molar-refractivity contribution in [1.29, 1.82) is 0 Å². The minimum absolute atomic E-state index is 0.601. The van der Waals surface area contributed by atoms with Gasteiger partial charge in [-0.15, -0.1) is 0 Å². The highest BCUT2D eigenvalue weighted by Gasteiger charge is 2.15. The summed E-state index contributed by atoms with van der Waals surface area (Å²) < 4.78 is 0.725. The number of para-hydroxylation sites is 1. The molecule has 0 amide bonds. The van der Waals surface area contributed by atoms with Gasteiger partial charge in [-0.3, -0.25) is 4.48 Å². The lowest BCUT2D eigenvalue weighted by Gasteiger charge is -2.25. The molecule has 1 aromatic rings. The van der Waals surface area contributed by atoms with Crippen LogP contribution in [0.5, 0.6) is 0 Å². The summed E-state index contributed by atoms with van der Waals surface area (Å²) in [7, 11) is 4.17. The number of benzene rings is 1. The zero-order chi connectivity index (χ0) is 8.32. The molecule has 0 heterocycles. The van der Waals surface area contributed by atoms with Gasteiger partial charge in [-0.05, 0) is 12.1 Å². The van der Waals surface area contributed by atoms with Crippen molar-refractivity contribution in [3.05, 3.63) is 30.3 Å². The molecule has 0 fully saturated rings. The maximum atomic E-state index is 5.80. The molecule has 0 aromatic heterocycles. The van der Waals surface area contributed by atoms with Gasteiger partial charge in [-0.2, -0.15) is 0 Å². The first-order valence-corrected chi connectivity index (χ1v) is 4.15. The van der Waals surface area contributed by atoms with Crippen molar-refractivity contribution in [3.63, 3.8) is 0 Å². The highest BCUT2D eigenvalue weighted by Crippen LogP contribution is 2.17. The van der Waals surface area contributed by atoms with Gasteiger partial charge in [0, 0.05) is 0 Å². The Morgan fingerprint density at radius 3 is 2.18 bits per heavy atom. The lowest BCUT2D eigenvalue weighted by Crippen LogP contribution is -2.38. The van der Waals surface area contributed by atoms with Crippen LogP contribution in [0.2, 0.25) is 0 Å². The third kappa shape index (κ3) is 1.95. The van der Waals surface area contributed by atoms with Crippen molar-refractivity contribution in [3.8, 4) is 0 Å². The fourth-order valence-electron chi connectivity index (χ4n) is 0.901. The Kier molecular flexibility index (Phi) is 2.53. The van der Waals surface area contributed by atoms with E-state index in [1.807, 2.05) is 18.2 Å². The zero-order valence-corrected chi connectivity index (χ0v) is 7.67. The predicted octanol–water partition coefficient (Wildman–Crippen LogP) is 2.45. The SMILES string of the molecule is C[N+](C)(CCl)c1ccccc1. The maximum absolute atomic E-state index is 5.80. The second-order valence-corrected chi connectivity index (χ2v) is 3.38. The molecule has 11 heavy (non-hydrogen) atoms. The molecule has 0 bridgehead atoms. The lowest BCUT2D eigenvalue weighted by molar-refractivity contribution is 0.464. The molecule has 1 aromatic carbocycles. The van der Waals surface area contributed by atoms with Crippen LogP contribution in [-0.2, 0) is 0 Å². The van der Waals surface area contributed by atoms with E-state index in [0.717, 1.165) is 4.48 Å². The monoisotopic (exact) mass is 170 g/mol. The molecule has 0 aliphatic rings. The van der Waals surface area contributed by atoms with Crippen molar-refractivity contribution in [2.24, 2.45) is 0 Å². The van der Waals surface area contributed by atoms with Crippen LogP contribution in [0.15, 0.2) is 30.3 Å². The van der Waals surface area contributed by atoms with Crippen LogP contribution in [0.25, 0.3) is 0 Å². The Bertz CT molecular complexity index is 218. The Hall–Kier alpha value is -0.530. The van der Waals surface area contributed by atoms with Crippen LogP contribution < -0.4 is 4.48 Å². The van der Waals surface area contributed by atoms with Gasteiger partial charge in [0.15, 0.2) is 6.00 Å². The predicted molar refractivity (Wildman–Crippen MR) is 50.8 cm³/mol. The second-order valence-electron chi connectivity index (χ2n) is 3.14. The van der Waals surface area contributed by atoms with E-state index >= 15 is 0 Å². The summed E-state index contributed by atoms with van der Waals surface area (Å²) in [5.41, 5.74) is 1.24. The summed E-state index contributed by atoms with van der Waals surface area (Å²) in [6, 6.07) is 10.8. The third-order valence-corrected chi connectivity index (χ3v) is 2.35. The Labute approximate surface area is 72.8 Å². The normalized spacial score (nSPS) is 11.5. The first-order chi connectivity index (χ1) is 5.17. The van der Waals surface area contributed by atoms with Crippen molar-refractivity contribution < 1.29 is 0 Å². The van der Waals surface area contributed by atoms with E-state index in [0.29, 0.717) is 6.00 Å². The maximum Gasteiger partial charge on any atom is 0.159 e. The van der Waals surface area contributed by atoms with E-state index in [9.17, 15) is 0 Å². The Balaban J connectivity index is 2.93. The molecule has 0 aliphatic heterocycles. The average molecular weight is 171 g/mol. The standard InChI is InChI=1S/C9H13ClN/c1-11(2,8-10)9-6-4-3-5-7-9/h3-7H,8H2,1-2H3/q+1. The molecule has 0 unspecified atom stereocenters. The van der Waals surface area contributed by atoms with Gasteiger partial charge in [0.1, 0.15) is 5.69 Å². The summed E-state index contributed by atoms with van der Waals surface area (Å²) in [6.07, 6.45) is 0. The van der Waals surface area contributed by atoms with Gasteiger partial charge in [-0.1, -0.05) is 29.8 Å². The molecular formula is C9H13ClN+. The zero-order valence-electron chi connectivity index (χ0n) is 6.92. The molecule has 0 aliphatic carbocycles. The minimum Gasteiger partial charge on any atom is -0.283 e. The van der Waals surface area contributed by atoms with Gasteiger partial charge < -0.3 is 0 Å². The van der Waals surface area contributed by atoms with Crippen LogP contribution in [0, 0.1) is 0 Å². The van der Waals surface area contributed by atoms with E-state index in [1.165, 1.54) is 5.69 Å². The number of hydrogen-bond acceptors (Lipinski definition) is 0. The molecule has 60 valence electrons. The summed E-state index contributed by atoms with van der Waals surface area (Å²) in [6.45, 7) is 0. The molecule has 1 nitrogen and oxygen atoms in total. The quantitative estimate of drug-likeness (QED) is 0.364. The van der Waals surface area contributed by atoms with Crippen LogP contribution in [0.3, 0.4) is 0 Å². The lowest BCUT2D eigenvalue weighted by atomic mass is 10.3. The fourth-order valence-corrected chi connectivity index (χ4v) is 1.04. The molecule has 2 heteroatoms. The largest absolute Gasteiger partial charge is 0.283 e. The third-order valence-electron chi connectivity index (χ3n) is 1.75. The first-order valence-electron chi connectivity index (χ1n) is 3.61. The summed E-state index contributed by atoms with van der Waals surface area (Å²) in [4.78, 5) is 0. The van der Waals surface area contributed by atoms with E-state index in [2.05, 4.69) is 26.2 Å². The second kappa shape index (κ2) is 3.24. The number of rotatable bonds is 2.